The lowest BCUT2D eigenvalue weighted by Crippen LogP contribution is -2.23. The summed E-state index contributed by atoms with van der Waals surface area (Å²) in [5.41, 5.74) is 6.18. The molecule has 110 valence electrons. The maximum Gasteiger partial charge on any atom is 0.261 e. The van der Waals surface area contributed by atoms with E-state index in [2.05, 4.69) is 20.8 Å². The first kappa shape index (κ1) is 13.9. The molecule has 3 rings (SSSR count). The van der Waals surface area contributed by atoms with Crippen LogP contribution in [-0.2, 0) is 11.3 Å². The van der Waals surface area contributed by atoms with Gasteiger partial charge in [0.1, 0.15) is 12.1 Å². The van der Waals surface area contributed by atoms with Gasteiger partial charge in [-0.3, -0.25) is 4.79 Å². The van der Waals surface area contributed by atoms with E-state index in [1.165, 1.54) is 5.56 Å². The van der Waals surface area contributed by atoms with E-state index in [1.807, 2.05) is 55.5 Å². The van der Waals surface area contributed by atoms with Crippen LogP contribution >= 0.6 is 0 Å². The molecule has 0 atom stereocenters. The maximum atomic E-state index is 11.9. The van der Waals surface area contributed by atoms with Gasteiger partial charge in [0.15, 0.2) is 0 Å². The van der Waals surface area contributed by atoms with Crippen molar-refractivity contribution in [1.82, 2.24) is 20.4 Å². The van der Waals surface area contributed by atoms with Crippen LogP contribution in [0.15, 0.2) is 53.6 Å². The molecule has 1 heterocycles. The van der Waals surface area contributed by atoms with E-state index in [9.17, 15) is 4.79 Å². The third-order valence-electron chi connectivity index (χ3n) is 3.19. The van der Waals surface area contributed by atoms with Gasteiger partial charge in [0, 0.05) is 0 Å². The molecule has 2 aromatic carbocycles. The predicted octanol–water partition coefficient (Wildman–Crippen LogP) is 1.89. The van der Waals surface area contributed by atoms with Gasteiger partial charge in [-0.2, -0.15) is 5.10 Å². The zero-order valence-electron chi connectivity index (χ0n) is 12.1. The summed E-state index contributed by atoms with van der Waals surface area (Å²) in [4.78, 5) is 11.9. The van der Waals surface area contributed by atoms with Crippen molar-refractivity contribution in [3.05, 3.63) is 59.7 Å². The first-order chi connectivity index (χ1) is 10.7. The minimum atomic E-state index is -0.251. The smallest absolute Gasteiger partial charge is 0.261 e. The van der Waals surface area contributed by atoms with Gasteiger partial charge >= 0.3 is 0 Å². The van der Waals surface area contributed by atoms with Gasteiger partial charge in [-0.25, -0.2) is 10.1 Å². The van der Waals surface area contributed by atoms with E-state index in [4.69, 9.17) is 0 Å². The standard InChI is InChI=1S/C16H15N5O/c1-12-6-8-13(9-7-12)10-17-19-16(22)11-21-15-5-3-2-4-14(15)18-20-21/h2-10H,11H2,1H3,(H,19,22)/b17-10+. The number of nitrogens with zero attached hydrogens (tertiary/aromatic N) is 4. The molecule has 1 aromatic heterocycles. The fraction of sp³-hybridized carbons (Fsp3) is 0.125. The average Bonchev–Trinajstić information content (AvgIpc) is 2.93. The fourth-order valence-corrected chi connectivity index (χ4v) is 2.04. The summed E-state index contributed by atoms with van der Waals surface area (Å²) in [6, 6.07) is 15.4. The summed E-state index contributed by atoms with van der Waals surface area (Å²) in [6.45, 7) is 2.09. The highest BCUT2D eigenvalue weighted by molar-refractivity contribution is 5.83. The van der Waals surface area contributed by atoms with Gasteiger partial charge in [-0.15, -0.1) is 5.10 Å². The molecule has 0 aliphatic heterocycles. The topological polar surface area (TPSA) is 72.2 Å². The Kier molecular flexibility index (Phi) is 3.91. The molecule has 0 spiro atoms. The van der Waals surface area contributed by atoms with Crippen molar-refractivity contribution >= 4 is 23.2 Å². The highest BCUT2D eigenvalue weighted by Crippen LogP contribution is 2.09. The summed E-state index contributed by atoms with van der Waals surface area (Å²) in [7, 11) is 0. The van der Waals surface area contributed by atoms with Crippen LogP contribution in [0, 0.1) is 6.92 Å². The van der Waals surface area contributed by atoms with Crippen LogP contribution in [-0.4, -0.2) is 27.1 Å². The van der Waals surface area contributed by atoms with E-state index in [1.54, 1.807) is 10.9 Å². The minimum Gasteiger partial charge on any atom is -0.271 e. The first-order valence-corrected chi connectivity index (χ1v) is 6.89. The molecule has 0 aliphatic rings. The molecule has 22 heavy (non-hydrogen) atoms. The van der Waals surface area contributed by atoms with E-state index in [0.717, 1.165) is 16.6 Å². The van der Waals surface area contributed by atoms with Crippen LogP contribution in [0.4, 0.5) is 0 Å². The maximum absolute atomic E-state index is 11.9. The van der Waals surface area contributed by atoms with Gasteiger partial charge in [-0.05, 0) is 24.6 Å². The van der Waals surface area contributed by atoms with E-state index >= 15 is 0 Å². The monoisotopic (exact) mass is 293 g/mol. The summed E-state index contributed by atoms with van der Waals surface area (Å²) in [5.74, 6) is -0.251. The summed E-state index contributed by atoms with van der Waals surface area (Å²) >= 11 is 0. The molecule has 0 radical (unpaired) electrons. The number of aromatic nitrogens is 3. The van der Waals surface area contributed by atoms with Gasteiger partial charge in [-0.1, -0.05) is 47.2 Å². The number of nitrogens with one attached hydrogen (secondary N) is 1. The Morgan fingerprint density at radius 3 is 2.82 bits per heavy atom. The lowest BCUT2D eigenvalue weighted by atomic mass is 10.2. The number of carbonyl (C=O) groups is 1. The summed E-state index contributed by atoms with van der Waals surface area (Å²) < 4.78 is 1.55. The first-order valence-electron chi connectivity index (χ1n) is 6.89. The van der Waals surface area contributed by atoms with Crippen molar-refractivity contribution in [3.8, 4) is 0 Å². The molecule has 0 saturated heterocycles. The Bertz CT molecular complexity index is 820. The number of hydrogen-bond donors (Lipinski definition) is 1. The number of benzene rings is 2. The Hall–Kier alpha value is -3.02. The Balaban J connectivity index is 1.62. The SMILES string of the molecule is Cc1ccc(/C=N/NC(=O)Cn2nnc3ccccc32)cc1. The normalized spacial score (nSPS) is 11.1. The van der Waals surface area contributed by atoms with Crippen LogP contribution in [0.3, 0.4) is 0 Å². The Morgan fingerprint density at radius 2 is 2.00 bits per heavy atom. The van der Waals surface area contributed by atoms with Gasteiger partial charge < -0.3 is 0 Å². The van der Waals surface area contributed by atoms with Crippen LogP contribution in [0.1, 0.15) is 11.1 Å². The molecule has 1 N–H and O–H groups in total. The van der Waals surface area contributed by atoms with Crippen molar-refractivity contribution in [3.63, 3.8) is 0 Å². The Labute approximate surface area is 127 Å². The second kappa shape index (κ2) is 6.17. The molecule has 0 fully saturated rings. The quantitative estimate of drug-likeness (QED) is 0.590. The van der Waals surface area contributed by atoms with Crippen LogP contribution in [0.25, 0.3) is 11.0 Å². The van der Waals surface area contributed by atoms with Crippen molar-refractivity contribution < 1.29 is 4.79 Å². The number of hydrazone groups is 1. The predicted molar refractivity (Wildman–Crippen MR) is 84.4 cm³/mol. The molecule has 1 amide bonds. The summed E-state index contributed by atoms with van der Waals surface area (Å²) in [5, 5.41) is 11.9. The van der Waals surface area contributed by atoms with E-state index < -0.39 is 0 Å². The highest BCUT2D eigenvalue weighted by atomic mass is 16.2. The number of rotatable bonds is 4. The number of fused-ring (bicyclic) bond motifs is 1. The fourth-order valence-electron chi connectivity index (χ4n) is 2.04. The Morgan fingerprint density at radius 1 is 1.23 bits per heavy atom. The number of carbonyl (C=O) groups excluding carboxylic acids is 1. The zero-order chi connectivity index (χ0) is 15.4. The van der Waals surface area contributed by atoms with E-state index in [-0.39, 0.29) is 12.5 Å². The van der Waals surface area contributed by atoms with Crippen LogP contribution in [0.2, 0.25) is 0 Å². The molecule has 6 heteroatoms. The molecular formula is C16H15N5O. The molecule has 0 bridgehead atoms. The van der Waals surface area contributed by atoms with Gasteiger partial charge in [0.25, 0.3) is 5.91 Å². The van der Waals surface area contributed by atoms with Crippen molar-refractivity contribution in [2.75, 3.05) is 0 Å². The highest BCUT2D eigenvalue weighted by Gasteiger charge is 2.07. The third-order valence-corrected chi connectivity index (χ3v) is 3.19. The molecular weight excluding hydrogens is 278 g/mol. The van der Waals surface area contributed by atoms with E-state index in [0.29, 0.717) is 0 Å². The largest absolute Gasteiger partial charge is 0.271 e. The number of aryl methyl sites for hydroxylation is 1. The third kappa shape index (κ3) is 3.17. The lowest BCUT2D eigenvalue weighted by Gasteiger charge is -2.01. The van der Waals surface area contributed by atoms with Crippen molar-refractivity contribution in [2.45, 2.75) is 13.5 Å². The number of para-hydroxylation sites is 1. The lowest BCUT2D eigenvalue weighted by molar-refractivity contribution is -0.121. The summed E-state index contributed by atoms with van der Waals surface area (Å²) in [6.07, 6.45) is 1.61. The zero-order valence-corrected chi connectivity index (χ0v) is 12.1. The van der Waals surface area contributed by atoms with Crippen molar-refractivity contribution in [1.29, 1.82) is 0 Å². The van der Waals surface area contributed by atoms with Gasteiger partial charge in [0.2, 0.25) is 0 Å². The molecule has 0 unspecified atom stereocenters. The molecule has 0 aliphatic carbocycles. The molecule has 3 aromatic rings. The second-order valence-corrected chi connectivity index (χ2v) is 4.94. The number of amides is 1. The van der Waals surface area contributed by atoms with Crippen LogP contribution < -0.4 is 5.43 Å². The molecule has 6 nitrogen and oxygen atoms in total. The second-order valence-electron chi connectivity index (χ2n) is 4.94. The average molecular weight is 293 g/mol. The number of hydrogen-bond acceptors (Lipinski definition) is 4. The molecule has 0 saturated carbocycles. The van der Waals surface area contributed by atoms with Crippen LogP contribution in [0.5, 0.6) is 0 Å². The van der Waals surface area contributed by atoms with Gasteiger partial charge in [0.05, 0.1) is 11.7 Å². The minimum absolute atomic E-state index is 0.0751. The van der Waals surface area contributed by atoms with Crippen molar-refractivity contribution in [2.24, 2.45) is 5.10 Å².